The predicted octanol–water partition coefficient (Wildman–Crippen LogP) is 6.85. The van der Waals surface area contributed by atoms with Crippen LogP contribution in [0.3, 0.4) is 0 Å². The highest BCUT2D eigenvalue weighted by Crippen LogP contribution is 2.34. The number of halogens is 3. The van der Waals surface area contributed by atoms with Gasteiger partial charge in [0.2, 0.25) is 0 Å². The number of nitrogens with one attached hydrogen (secondary N) is 1. The van der Waals surface area contributed by atoms with Gasteiger partial charge in [0.25, 0.3) is 0 Å². The molecule has 2 nitrogen and oxygen atoms in total. The maximum atomic E-state index is 13.4. The number of benzene rings is 3. The fourth-order valence-corrected chi connectivity index (χ4v) is 4.08. The highest BCUT2D eigenvalue weighted by molar-refractivity contribution is 9.11. The van der Waals surface area contributed by atoms with Crippen LogP contribution in [-0.4, -0.2) is 0 Å². The number of para-hydroxylation sites is 1. The van der Waals surface area contributed by atoms with Gasteiger partial charge >= 0.3 is 0 Å². The molecule has 0 bridgehead atoms. The predicted molar refractivity (Wildman–Crippen MR) is 111 cm³/mol. The number of anilines is 1. The summed E-state index contributed by atoms with van der Waals surface area (Å²) in [7, 11) is 0. The molecule has 0 aliphatic rings. The maximum absolute atomic E-state index is 13.4. The molecule has 0 saturated carbocycles. The van der Waals surface area contributed by atoms with Crippen molar-refractivity contribution < 1.29 is 9.13 Å². The lowest BCUT2D eigenvalue weighted by molar-refractivity contribution is 0.300. The second-order valence-electron chi connectivity index (χ2n) is 5.96. The van der Waals surface area contributed by atoms with Gasteiger partial charge in [-0.2, -0.15) is 0 Å². The maximum Gasteiger partial charge on any atom is 0.139 e. The van der Waals surface area contributed by atoms with Gasteiger partial charge in [0.15, 0.2) is 0 Å². The highest BCUT2D eigenvalue weighted by atomic mass is 79.9. The third-order valence-corrected chi connectivity index (χ3v) is 5.02. The second-order valence-corrected chi connectivity index (χ2v) is 7.73. The van der Waals surface area contributed by atoms with E-state index in [-0.39, 0.29) is 5.82 Å². The molecule has 3 aromatic carbocycles. The first-order valence-corrected chi connectivity index (χ1v) is 9.76. The monoisotopic (exact) mass is 477 g/mol. The van der Waals surface area contributed by atoms with Crippen molar-refractivity contribution in [2.24, 2.45) is 0 Å². The van der Waals surface area contributed by atoms with E-state index in [9.17, 15) is 4.39 Å². The van der Waals surface area contributed by atoms with Crippen molar-refractivity contribution in [2.45, 2.75) is 20.1 Å². The molecule has 0 saturated heterocycles. The molecule has 134 valence electrons. The first-order chi connectivity index (χ1) is 12.5. The Labute approximate surface area is 169 Å². The second kappa shape index (κ2) is 8.69. The topological polar surface area (TPSA) is 21.3 Å². The van der Waals surface area contributed by atoms with Gasteiger partial charge in [-0.25, -0.2) is 4.39 Å². The minimum atomic E-state index is -0.262. The third-order valence-electron chi connectivity index (χ3n) is 3.97. The van der Waals surface area contributed by atoms with Gasteiger partial charge in [0.1, 0.15) is 18.2 Å². The summed E-state index contributed by atoms with van der Waals surface area (Å²) in [6.07, 6.45) is 0. The number of hydrogen-bond donors (Lipinski definition) is 1. The Morgan fingerprint density at radius 2 is 1.81 bits per heavy atom. The lowest BCUT2D eigenvalue weighted by Gasteiger charge is -2.16. The molecule has 0 atom stereocenters. The normalized spacial score (nSPS) is 10.6. The van der Waals surface area contributed by atoms with Crippen molar-refractivity contribution in [3.8, 4) is 5.75 Å². The summed E-state index contributed by atoms with van der Waals surface area (Å²) in [5.74, 6) is 0.487. The van der Waals surface area contributed by atoms with E-state index in [1.54, 1.807) is 6.07 Å². The zero-order chi connectivity index (χ0) is 18.5. The van der Waals surface area contributed by atoms with E-state index in [2.05, 4.69) is 56.2 Å². The molecule has 26 heavy (non-hydrogen) atoms. The molecule has 0 aliphatic heterocycles. The van der Waals surface area contributed by atoms with Crippen LogP contribution in [0, 0.1) is 12.7 Å². The van der Waals surface area contributed by atoms with Crippen molar-refractivity contribution in [3.63, 3.8) is 0 Å². The number of aryl methyl sites for hydroxylation is 1. The van der Waals surface area contributed by atoms with E-state index in [1.165, 1.54) is 17.7 Å². The number of hydrogen-bond acceptors (Lipinski definition) is 2. The van der Waals surface area contributed by atoms with Gasteiger partial charge in [0.05, 0.1) is 4.47 Å². The Morgan fingerprint density at radius 1 is 1.00 bits per heavy atom. The molecule has 0 fully saturated rings. The first kappa shape index (κ1) is 18.9. The SMILES string of the molecule is Cc1ccccc1NCc1cc(Br)cc(Br)c1OCc1cccc(F)c1. The van der Waals surface area contributed by atoms with Crippen LogP contribution in [0.1, 0.15) is 16.7 Å². The van der Waals surface area contributed by atoms with E-state index in [0.29, 0.717) is 13.2 Å². The molecule has 0 radical (unpaired) electrons. The average molecular weight is 479 g/mol. The van der Waals surface area contributed by atoms with Gasteiger partial charge < -0.3 is 10.1 Å². The highest BCUT2D eigenvalue weighted by Gasteiger charge is 2.11. The molecule has 0 spiro atoms. The molecule has 1 N–H and O–H groups in total. The molecule has 5 heteroatoms. The minimum absolute atomic E-state index is 0.262. The minimum Gasteiger partial charge on any atom is -0.487 e. The molecule has 0 aliphatic carbocycles. The summed E-state index contributed by atoms with van der Waals surface area (Å²) in [6.45, 7) is 2.98. The van der Waals surface area contributed by atoms with Gasteiger partial charge in [-0.1, -0.05) is 46.3 Å². The molecular formula is C21H18Br2FNO. The molecule has 0 aromatic heterocycles. The summed E-state index contributed by atoms with van der Waals surface area (Å²) in [4.78, 5) is 0. The Hall–Kier alpha value is -1.85. The van der Waals surface area contributed by atoms with Crippen molar-refractivity contribution in [2.75, 3.05) is 5.32 Å². The van der Waals surface area contributed by atoms with Crippen LogP contribution in [0.2, 0.25) is 0 Å². The first-order valence-electron chi connectivity index (χ1n) is 8.17. The largest absolute Gasteiger partial charge is 0.487 e. The third kappa shape index (κ3) is 4.86. The zero-order valence-electron chi connectivity index (χ0n) is 14.2. The van der Waals surface area contributed by atoms with Crippen molar-refractivity contribution in [3.05, 3.63) is 92.1 Å². The summed E-state index contributed by atoms with van der Waals surface area (Å²) < 4.78 is 21.2. The summed E-state index contributed by atoms with van der Waals surface area (Å²) >= 11 is 7.10. The molecular weight excluding hydrogens is 461 g/mol. The van der Waals surface area contributed by atoms with Crippen LogP contribution < -0.4 is 10.1 Å². The smallest absolute Gasteiger partial charge is 0.139 e. The summed E-state index contributed by atoms with van der Waals surface area (Å²) in [6, 6.07) is 18.6. The van der Waals surface area contributed by atoms with E-state index < -0.39 is 0 Å². The van der Waals surface area contributed by atoms with Crippen LogP contribution in [0.15, 0.2) is 69.6 Å². The van der Waals surface area contributed by atoms with Gasteiger partial charge in [0, 0.05) is 22.3 Å². The molecule has 0 unspecified atom stereocenters. The molecule has 0 amide bonds. The van der Waals surface area contributed by atoms with Crippen molar-refractivity contribution in [1.29, 1.82) is 0 Å². The number of ether oxygens (including phenoxy) is 1. The van der Waals surface area contributed by atoms with Crippen LogP contribution in [0.25, 0.3) is 0 Å². The Kier molecular flexibility index (Phi) is 6.33. The summed E-state index contributed by atoms with van der Waals surface area (Å²) in [5.41, 5.74) is 4.06. The van der Waals surface area contributed by atoms with Gasteiger partial charge in [-0.05, 0) is 64.3 Å². The van der Waals surface area contributed by atoms with Crippen molar-refractivity contribution >= 4 is 37.5 Å². The fourth-order valence-electron chi connectivity index (χ4n) is 2.65. The standard InChI is InChI=1S/C21H18Br2FNO/c1-14-5-2-3-8-20(14)25-12-16-10-17(22)11-19(23)21(16)26-13-15-6-4-7-18(24)9-15/h2-11,25H,12-13H2,1H3. The number of rotatable bonds is 6. The van der Waals surface area contributed by atoms with E-state index >= 15 is 0 Å². The van der Waals surface area contributed by atoms with Gasteiger partial charge in [-0.3, -0.25) is 0 Å². The summed E-state index contributed by atoms with van der Waals surface area (Å²) in [5, 5.41) is 3.45. The van der Waals surface area contributed by atoms with Crippen molar-refractivity contribution in [1.82, 2.24) is 0 Å². The Morgan fingerprint density at radius 3 is 2.58 bits per heavy atom. The average Bonchev–Trinajstić information content (AvgIpc) is 2.60. The Balaban J connectivity index is 1.79. The molecule has 3 aromatic rings. The molecule has 0 heterocycles. The Bertz CT molecular complexity index is 914. The van der Waals surface area contributed by atoms with Gasteiger partial charge in [-0.15, -0.1) is 0 Å². The van der Waals surface area contributed by atoms with E-state index in [4.69, 9.17) is 4.74 Å². The van der Waals surface area contributed by atoms with Crippen LogP contribution in [-0.2, 0) is 13.2 Å². The zero-order valence-corrected chi connectivity index (χ0v) is 17.4. The lowest BCUT2D eigenvalue weighted by atomic mass is 10.1. The van der Waals surface area contributed by atoms with Crippen LogP contribution in [0.5, 0.6) is 5.75 Å². The van der Waals surface area contributed by atoms with E-state index in [1.807, 2.05) is 30.3 Å². The quantitative estimate of drug-likeness (QED) is 0.418. The van der Waals surface area contributed by atoms with Crippen LogP contribution >= 0.6 is 31.9 Å². The fraction of sp³-hybridized carbons (Fsp3) is 0.143. The van der Waals surface area contributed by atoms with Crippen LogP contribution in [0.4, 0.5) is 10.1 Å². The lowest BCUT2D eigenvalue weighted by Crippen LogP contribution is -2.05. The van der Waals surface area contributed by atoms with E-state index in [0.717, 1.165) is 31.5 Å². The molecule has 3 rings (SSSR count).